The van der Waals surface area contributed by atoms with E-state index in [0.717, 1.165) is 13.8 Å². The fourth-order valence-electron chi connectivity index (χ4n) is 4.18. The van der Waals surface area contributed by atoms with Crippen molar-refractivity contribution in [2.45, 2.75) is 58.3 Å². The Bertz CT molecular complexity index is 815. The first-order valence-electron chi connectivity index (χ1n) is 10.0. The molecular weight excluding hydrogens is 412 g/mol. The minimum absolute atomic E-state index is 0.0430. The van der Waals surface area contributed by atoms with Crippen LogP contribution in [0.4, 0.5) is 17.6 Å². The molecule has 2 saturated carbocycles. The standard InChI is InChI=1S/C19H28F4N2O3S/c1-17(2,18(3,20)21)16(27)24-29(28)9-4-7-25(8-10-29)15(26)12-5-6-13-14(11-12)19(13,22)23/h12-14H,4-11H2,1-3H3. The lowest BCUT2D eigenvalue weighted by molar-refractivity contribution is -0.147. The van der Waals surface area contributed by atoms with Gasteiger partial charge < -0.3 is 4.90 Å². The first kappa shape index (κ1) is 22.5. The molecule has 3 fully saturated rings. The molecule has 3 aliphatic rings. The van der Waals surface area contributed by atoms with Crippen LogP contribution < -0.4 is 0 Å². The SMILES string of the molecule is CC(F)(F)C(C)(C)C(=O)N=S1(=O)CCCN(C(=O)C2CCC3C(C2)C3(F)F)CC1. The van der Waals surface area contributed by atoms with E-state index in [4.69, 9.17) is 0 Å². The van der Waals surface area contributed by atoms with E-state index in [1.165, 1.54) is 4.90 Å². The third-order valence-corrected chi connectivity index (χ3v) is 9.09. The number of halogens is 4. The summed E-state index contributed by atoms with van der Waals surface area (Å²) in [4.78, 5) is 26.6. The predicted molar refractivity (Wildman–Crippen MR) is 100 cm³/mol. The van der Waals surface area contributed by atoms with Crippen LogP contribution in [0.1, 0.15) is 46.5 Å². The van der Waals surface area contributed by atoms with Crippen LogP contribution in [0.25, 0.3) is 0 Å². The van der Waals surface area contributed by atoms with Gasteiger partial charge in [-0.2, -0.15) is 4.36 Å². The molecule has 29 heavy (non-hydrogen) atoms. The highest BCUT2D eigenvalue weighted by Gasteiger charge is 2.69. The lowest BCUT2D eigenvalue weighted by Crippen LogP contribution is -2.41. The van der Waals surface area contributed by atoms with Crippen LogP contribution in [0.5, 0.6) is 0 Å². The fraction of sp³-hybridized carbons (Fsp3) is 0.895. The van der Waals surface area contributed by atoms with Crippen molar-refractivity contribution in [3.63, 3.8) is 0 Å². The van der Waals surface area contributed by atoms with E-state index in [1.54, 1.807) is 0 Å². The molecule has 0 aromatic rings. The molecule has 2 aliphatic carbocycles. The Hall–Kier alpha value is -1.19. The van der Waals surface area contributed by atoms with E-state index < -0.39 is 50.6 Å². The van der Waals surface area contributed by atoms with Gasteiger partial charge in [-0.3, -0.25) is 9.59 Å². The number of amides is 2. The van der Waals surface area contributed by atoms with Gasteiger partial charge in [0.05, 0.1) is 9.73 Å². The molecule has 3 rings (SSSR count). The molecule has 0 radical (unpaired) electrons. The number of alkyl halides is 4. The van der Waals surface area contributed by atoms with Crippen LogP contribution in [0.3, 0.4) is 0 Å². The van der Waals surface area contributed by atoms with E-state index >= 15 is 0 Å². The third kappa shape index (κ3) is 4.18. The molecule has 166 valence electrons. The van der Waals surface area contributed by atoms with Gasteiger partial charge in [0.2, 0.25) is 5.91 Å². The van der Waals surface area contributed by atoms with Crippen molar-refractivity contribution in [2.24, 2.45) is 27.5 Å². The smallest absolute Gasteiger partial charge is 0.265 e. The highest BCUT2D eigenvalue weighted by atomic mass is 32.2. The molecule has 0 bridgehead atoms. The Morgan fingerprint density at radius 1 is 1.07 bits per heavy atom. The van der Waals surface area contributed by atoms with Crippen molar-refractivity contribution in [3.8, 4) is 0 Å². The Kier molecular flexibility index (Phi) is 5.58. The molecule has 5 nitrogen and oxygen atoms in total. The number of fused-ring (bicyclic) bond motifs is 1. The molecule has 4 unspecified atom stereocenters. The van der Waals surface area contributed by atoms with Gasteiger partial charge in [0.1, 0.15) is 5.41 Å². The summed E-state index contributed by atoms with van der Waals surface area (Å²) in [5.74, 6) is -9.12. The van der Waals surface area contributed by atoms with E-state index in [1.807, 2.05) is 0 Å². The summed E-state index contributed by atoms with van der Waals surface area (Å²) in [5.41, 5.74) is -2.08. The summed E-state index contributed by atoms with van der Waals surface area (Å²) >= 11 is 0. The van der Waals surface area contributed by atoms with Gasteiger partial charge in [0.15, 0.2) is 0 Å². The predicted octanol–water partition coefficient (Wildman–Crippen LogP) is 3.58. The zero-order valence-electron chi connectivity index (χ0n) is 16.9. The topological polar surface area (TPSA) is 66.8 Å². The Morgan fingerprint density at radius 2 is 1.72 bits per heavy atom. The maximum absolute atomic E-state index is 13.7. The molecule has 0 N–H and O–H groups in total. The molecule has 10 heteroatoms. The van der Waals surface area contributed by atoms with Crippen molar-refractivity contribution in [3.05, 3.63) is 0 Å². The summed E-state index contributed by atoms with van der Waals surface area (Å²) in [7, 11) is -3.06. The molecule has 1 saturated heterocycles. The number of carbonyl (C=O) groups excluding carboxylic acids is 2. The summed E-state index contributed by atoms with van der Waals surface area (Å²) in [6, 6.07) is 0. The number of nitrogens with zero attached hydrogens (tertiary/aromatic N) is 2. The van der Waals surface area contributed by atoms with Crippen LogP contribution in [0, 0.1) is 23.2 Å². The van der Waals surface area contributed by atoms with E-state index in [0.29, 0.717) is 32.7 Å². The summed E-state index contributed by atoms with van der Waals surface area (Å²) in [6.45, 7) is 3.14. The highest BCUT2D eigenvalue weighted by Crippen LogP contribution is 2.63. The van der Waals surface area contributed by atoms with E-state index in [9.17, 15) is 31.4 Å². The Labute approximate surface area is 168 Å². The van der Waals surface area contributed by atoms with E-state index in [-0.39, 0.29) is 30.4 Å². The maximum Gasteiger partial charge on any atom is 0.265 e. The molecule has 1 heterocycles. The van der Waals surface area contributed by atoms with Gasteiger partial charge >= 0.3 is 0 Å². The van der Waals surface area contributed by atoms with Crippen LogP contribution in [0.15, 0.2) is 4.36 Å². The van der Waals surface area contributed by atoms with Crippen LogP contribution in [-0.2, 0) is 19.3 Å². The fourth-order valence-corrected chi connectivity index (χ4v) is 6.18. The van der Waals surface area contributed by atoms with Gasteiger partial charge in [-0.25, -0.2) is 21.8 Å². The van der Waals surface area contributed by atoms with Gasteiger partial charge in [-0.15, -0.1) is 0 Å². The average molecular weight is 441 g/mol. The van der Waals surface area contributed by atoms with Crippen molar-refractivity contribution in [1.29, 1.82) is 0 Å². The molecular formula is C19H28F4N2O3S. The molecule has 0 aromatic heterocycles. The largest absolute Gasteiger partial charge is 0.341 e. The highest BCUT2D eigenvalue weighted by molar-refractivity contribution is 7.93. The number of hydrogen-bond acceptors (Lipinski definition) is 3. The van der Waals surface area contributed by atoms with Crippen LogP contribution in [0.2, 0.25) is 0 Å². The molecule has 1 aliphatic heterocycles. The lowest BCUT2D eigenvalue weighted by Gasteiger charge is -2.28. The molecule has 2 amide bonds. The maximum atomic E-state index is 13.7. The van der Waals surface area contributed by atoms with Gasteiger partial charge in [-0.1, -0.05) is 0 Å². The van der Waals surface area contributed by atoms with Gasteiger partial charge in [-0.05, 0) is 39.5 Å². The monoisotopic (exact) mass is 440 g/mol. The first-order valence-corrected chi connectivity index (χ1v) is 11.9. The summed E-state index contributed by atoms with van der Waals surface area (Å²) in [6.07, 6.45) is 1.25. The minimum Gasteiger partial charge on any atom is -0.341 e. The summed E-state index contributed by atoms with van der Waals surface area (Å²) in [5, 5.41) is 0. The normalized spacial score (nSPS) is 34.7. The molecule has 4 atom stereocenters. The van der Waals surface area contributed by atoms with Crippen molar-refractivity contribution < 1.29 is 31.4 Å². The van der Waals surface area contributed by atoms with Crippen molar-refractivity contribution in [1.82, 2.24) is 4.90 Å². The molecule has 0 spiro atoms. The van der Waals surface area contributed by atoms with Crippen molar-refractivity contribution >= 4 is 21.5 Å². The first-order chi connectivity index (χ1) is 13.2. The average Bonchev–Trinajstić information content (AvgIpc) is 3.22. The van der Waals surface area contributed by atoms with Crippen LogP contribution >= 0.6 is 0 Å². The number of rotatable bonds is 3. The zero-order chi connectivity index (χ0) is 21.8. The Morgan fingerprint density at radius 3 is 2.31 bits per heavy atom. The Balaban J connectivity index is 1.66. The zero-order valence-corrected chi connectivity index (χ0v) is 17.7. The minimum atomic E-state index is -3.32. The van der Waals surface area contributed by atoms with Gasteiger partial charge in [0, 0.05) is 49.3 Å². The van der Waals surface area contributed by atoms with Gasteiger partial charge in [0.25, 0.3) is 17.8 Å². The second-order valence-corrected chi connectivity index (χ2v) is 11.7. The number of carbonyl (C=O) groups is 2. The van der Waals surface area contributed by atoms with Crippen LogP contribution in [-0.4, -0.2) is 57.4 Å². The number of hydrogen-bond donors (Lipinski definition) is 0. The second-order valence-electron chi connectivity index (χ2n) is 9.17. The third-order valence-electron chi connectivity index (χ3n) is 6.84. The molecule has 0 aromatic carbocycles. The van der Waals surface area contributed by atoms with Crippen molar-refractivity contribution in [2.75, 3.05) is 24.6 Å². The summed E-state index contributed by atoms with van der Waals surface area (Å²) < 4.78 is 71.3. The van der Waals surface area contributed by atoms with E-state index in [2.05, 4.69) is 4.36 Å². The second kappa shape index (κ2) is 7.20. The lowest BCUT2D eigenvalue weighted by atomic mass is 9.86. The quantitative estimate of drug-likeness (QED) is 0.630.